The fourth-order valence-corrected chi connectivity index (χ4v) is 3.96. The van der Waals surface area contributed by atoms with E-state index in [2.05, 4.69) is 46.2 Å². The van der Waals surface area contributed by atoms with Gasteiger partial charge >= 0.3 is 5.97 Å². The van der Waals surface area contributed by atoms with Crippen LogP contribution in [0.15, 0.2) is 30.5 Å². The minimum atomic E-state index is -1.01. The first-order valence-corrected chi connectivity index (χ1v) is 11.7. The lowest BCUT2D eigenvalue weighted by atomic mass is 10.0. The highest BCUT2D eigenvalue weighted by molar-refractivity contribution is 5.97. The van der Waals surface area contributed by atoms with Crippen LogP contribution in [0.3, 0.4) is 0 Å². The van der Waals surface area contributed by atoms with Crippen molar-refractivity contribution < 1.29 is 19.1 Å². The van der Waals surface area contributed by atoms with E-state index in [-0.39, 0.29) is 24.7 Å². The molecule has 0 saturated carbocycles. The van der Waals surface area contributed by atoms with Gasteiger partial charge in [0.2, 0.25) is 11.9 Å². The summed E-state index contributed by atoms with van der Waals surface area (Å²) in [5, 5.41) is 18.6. The first-order chi connectivity index (χ1) is 18.3. The van der Waals surface area contributed by atoms with Gasteiger partial charge < -0.3 is 26.5 Å². The van der Waals surface area contributed by atoms with E-state index >= 15 is 0 Å². The number of ether oxygens (including phenoxy) is 1. The van der Waals surface area contributed by atoms with E-state index in [9.17, 15) is 14.4 Å². The minimum Gasteiger partial charge on any atom is -0.467 e. The third kappa shape index (κ3) is 6.37. The molecule has 15 heteroatoms. The number of nitrogens with zero attached hydrogens (tertiary/aromatic N) is 5. The third-order valence-electron chi connectivity index (χ3n) is 5.83. The number of methoxy groups -OCH3 is 1. The molecule has 0 fully saturated rings. The summed E-state index contributed by atoms with van der Waals surface area (Å²) in [5.74, 6) is -1.08. The molecule has 38 heavy (non-hydrogen) atoms. The van der Waals surface area contributed by atoms with Gasteiger partial charge in [0.15, 0.2) is 0 Å². The van der Waals surface area contributed by atoms with Gasteiger partial charge in [0.05, 0.1) is 12.5 Å². The topological polar surface area (TPSA) is 233 Å². The van der Waals surface area contributed by atoms with Crippen molar-refractivity contribution in [3.8, 4) is 0 Å². The number of aryl methyl sites for hydroxylation is 2. The number of rotatable bonds is 11. The van der Waals surface area contributed by atoms with Gasteiger partial charge in [-0.15, -0.1) is 5.10 Å². The number of H-pyrrole nitrogens is 2. The lowest BCUT2D eigenvalue weighted by Gasteiger charge is -2.16. The monoisotopic (exact) mass is 521 g/mol. The number of nitrogens with two attached hydrogens (primary N) is 2. The fraction of sp³-hybridized carbons (Fsp3) is 0.304. The van der Waals surface area contributed by atoms with Gasteiger partial charge in [-0.25, -0.2) is 4.79 Å². The van der Waals surface area contributed by atoms with Crippen LogP contribution in [-0.4, -0.2) is 66.5 Å². The summed E-state index contributed by atoms with van der Waals surface area (Å²) < 4.78 is 4.77. The quantitative estimate of drug-likeness (QED) is 0.149. The summed E-state index contributed by atoms with van der Waals surface area (Å²) in [5.41, 5.74) is 14.7. The van der Waals surface area contributed by atoms with E-state index < -0.39 is 23.8 Å². The molecule has 0 radical (unpaired) electrons. The van der Waals surface area contributed by atoms with Gasteiger partial charge in [-0.05, 0) is 54.2 Å². The molecule has 198 valence electrons. The number of carbonyl (C=O) groups excluding carboxylic acids is 3. The van der Waals surface area contributed by atoms with Crippen LogP contribution in [0.1, 0.15) is 40.7 Å². The number of nitrogen functional groups attached to an aromatic ring is 2. The molecule has 1 aromatic carbocycles. The number of fused-ring (bicyclic) bond motifs is 1. The lowest BCUT2D eigenvalue weighted by Crippen LogP contribution is -2.42. The molecule has 2 amide bonds. The van der Waals surface area contributed by atoms with E-state index in [1.54, 1.807) is 12.1 Å². The van der Waals surface area contributed by atoms with Crippen LogP contribution in [0.5, 0.6) is 0 Å². The number of esters is 1. The van der Waals surface area contributed by atoms with Crippen molar-refractivity contribution in [2.45, 2.75) is 38.1 Å². The van der Waals surface area contributed by atoms with Gasteiger partial charge in [-0.1, -0.05) is 17.2 Å². The maximum absolute atomic E-state index is 12.7. The second-order valence-electron chi connectivity index (χ2n) is 8.43. The number of anilines is 3. The number of hydrogen-bond donors (Lipinski definition) is 6. The Morgan fingerprint density at radius 2 is 1.89 bits per heavy atom. The number of carbonyl (C=O) groups is 3. The van der Waals surface area contributed by atoms with Crippen molar-refractivity contribution in [2.75, 3.05) is 23.9 Å². The second-order valence-corrected chi connectivity index (χ2v) is 8.43. The third-order valence-corrected chi connectivity index (χ3v) is 5.83. The van der Waals surface area contributed by atoms with Crippen molar-refractivity contribution in [3.63, 3.8) is 0 Å². The normalized spacial score (nSPS) is 11.7. The van der Waals surface area contributed by atoms with Gasteiger partial charge in [0.25, 0.3) is 11.9 Å². The molecular weight excluding hydrogens is 494 g/mol. The van der Waals surface area contributed by atoms with Gasteiger partial charge in [-0.2, -0.15) is 15.2 Å². The zero-order valence-electron chi connectivity index (χ0n) is 20.5. The molecule has 0 aliphatic heterocycles. The molecular formula is C23H27N11O4. The molecule has 8 N–H and O–H groups in total. The van der Waals surface area contributed by atoms with Crippen molar-refractivity contribution in [1.82, 2.24) is 40.9 Å². The van der Waals surface area contributed by atoms with E-state index in [0.717, 1.165) is 35.8 Å². The Bertz CT molecular complexity index is 1420. The highest BCUT2D eigenvalue weighted by Gasteiger charge is 2.23. The second kappa shape index (κ2) is 11.8. The average molecular weight is 522 g/mol. The summed E-state index contributed by atoms with van der Waals surface area (Å²) in [6.45, 7) is 0. The predicted molar refractivity (Wildman–Crippen MR) is 136 cm³/mol. The molecule has 3 heterocycles. The molecule has 4 aromatic rings. The zero-order chi connectivity index (χ0) is 27.1. The van der Waals surface area contributed by atoms with Crippen LogP contribution in [-0.2, 0) is 27.2 Å². The van der Waals surface area contributed by atoms with E-state index in [1.807, 2.05) is 18.3 Å². The largest absolute Gasteiger partial charge is 0.467 e. The number of aromatic amines is 2. The Hall–Kier alpha value is -5.08. The first kappa shape index (κ1) is 26.0. The van der Waals surface area contributed by atoms with Crippen molar-refractivity contribution in [1.29, 1.82) is 0 Å². The Morgan fingerprint density at radius 3 is 2.61 bits per heavy atom. The van der Waals surface area contributed by atoms with Crippen LogP contribution in [0.25, 0.3) is 11.0 Å². The molecule has 0 unspecified atom stereocenters. The van der Waals surface area contributed by atoms with Gasteiger partial charge in [0, 0.05) is 18.2 Å². The van der Waals surface area contributed by atoms with Crippen molar-refractivity contribution in [3.05, 3.63) is 47.2 Å². The highest BCUT2D eigenvalue weighted by atomic mass is 16.5. The predicted octanol–water partition coefficient (Wildman–Crippen LogP) is 0.501. The summed E-state index contributed by atoms with van der Waals surface area (Å²) in [6.07, 6.45) is 4.16. The molecule has 1 atom stereocenters. The molecule has 3 aromatic heterocycles. The van der Waals surface area contributed by atoms with Crippen LogP contribution in [0.4, 0.5) is 17.7 Å². The molecule has 0 bridgehead atoms. The number of tetrazole rings is 1. The minimum absolute atomic E-state index is 0.0125. The molecule has 0 aliphatic carbocycles. The summed E-state index contributed by atoms with van der Waals surface area (Å²) >= 11 is 0. The number of amides is 2. The number of nitrogens with one attached hydrogen (secondary N) is 4. The lowest BCUT2D eigenvalue weighted by molar-refractivity contribution is -0.143. The molecule has 15 nitrogen and oxygen atoms in total. The first-order valence-electron chi connectivity index (χ1n) is 11.7. The Kier molecular flexibility index (Phi) is 8.05. The van der Waals surface area contributed by atoms with Crippen LogP contribution in [0.2, 0.25) is 0 Å². The van der Waals surface area contributed by atoms with Gasteiger partial charge in [0.1, 0.15) is 17.5 Å². The maximum Gasteiger partial charge on any atom is 0.328 e. The van der Waals surface area contributed by atoms with Crippen LogP contribution < -0.4 is 22.1 Å². The average Bonchev–Trinajstić information content (AvgIpc) is 3.56. The van der Waals surface area contributed by atoms with Crippen molar-refractivity contribution >= 4 is 46.5 Å². The maximum atomic E-state index is 12.7. The summed E-state index contributed by atoms with van der Waals surface area (Å²) in [6, 6.07) is 6.07. The van der Waals surface area contributed by atoms with Crippen LogP contribution in [0, 0.1) is 0 Å². The standard InChI is InChI=1S/C23H27N11O4/c1-38-21(37)15(9-10-16(35)28-23-31-33-34-32-23)27-20(36)13-7-5-12(6-8-13)3-2-4-14-11-26-19-17(14)18(24)29-22(25)30-19/h5-8,11,15H,2-4,9-10H2,1H3,(H,27,36)(H5,24,25,26,29,30)(H2,28,31,32,33,34,35)/t15-/m0/s1. The Labute approximate surface area is 216 Å². The Balaban J connectivity index is 1.29. The highest BCUT2D eigenvalue weighted by Crippen LogP contribution is 2.24. The summed E-state index contributed by atoms with van der Waals surface area (Å²) in [4.78, 5) is 48.2. The number of hydrogen-bond acceptors (Lipinski definition) is 11. The van der Waals surface area contributed by atoms with Crippen molar-refractivity contribution in [2.24, 2.45) is 0 Å². The number of benzene rings is 1. The zero-order valence-corrected chi connectivity index (χ0v) is 20.5. The molecule has 0 saturated heterocycles. The van der Waals surface area contributed by atoms with E-state index in [1.165, 1.54) is 7.11 Å². The number of aromatic nitrogens is 7. The molecule has 4 rings (SSSR count). The molecule has 0 spiro atoms. The Morgan fingerprint density at radius 1 is 1.11 bits per heavy atom. The summed E-state index contributed by atoms with van der Waals surface area (Å²) in [7, 11) is 1.21. The van der Waals surface area contributed by atoms with E-state index in [4.69, 9.17) is 16.2 Å². The SMILES string of the molecule is COC(=O)[C@H](CCC(=O)Nc1nn[nH]n1)NC(=O)c1ccc(CCCc2c[nH]c3nc(N)nc(N)c23)cc1. The van der Waals surface area contributed by atoms with Crippen LogP contribution >= 0.6 is 0 Å². The van der Waals surface area contributed by atoms with Gasteiger partial charge in [-0.3, -0.25) is 14.9 Å². The smallest absolute Gasteiger partial charge is 0.328 e. The van der Waals surface area contributed by atoms with E-state index in [0.29, 0.717) is 17.0 Å². The fourth-order valence-electron chi connectivity index (χ4n) is 3.96. The molecule has 0 aliphatic rings.